The summed E-state index contributed by atoms with van der Waals surface area (Å²) in [5, 5.41) is 9.87. The average molecular weight is 321 g/mol. The number of hydrogen-bond donors (Lipinski definition) is 1. The highest BCUT2D eigenvalue weighted by atomic mass is 16.1. The summed E-state index contributed by atoms with van der Waals surface area (Å²) in [6, 6.07) is 14.5. The number of nitrogens with one attached hydrogen (secondary N) is 1. The number of carbonyl (C=O) groups is 1. The van der Waals surface area contributed by atoms with E-state index < -0.39 is 0 Å². The zero-order valence-corrected chi connectivity index (χ0v) is 14.6. The quantitative estimate of drug-likeness (QED) is 0.798. The van der Waals surface area contributed by atoms with E-state index in [1.165, 1.54) is 10.8 Å². The van der Waals surface area contributed by atoms with Gasteiger partial charge in [-0.3, -0.25) is 9.48 Å². The van der Waals surface area contributed by atoms with E-state index in [9.17, 15) is 4.79 Å². The summed E-state index contributed by atoms with van der Waals surface area (Å²) in [7, 11) is 1.90. The van der Waals surface area contributed by atoms with Crippen LogP contribution in [0.2, 0.25) is 0 Å². The fourth-order valence-corrected chi connectivity index (χ4v) is 3.09. The number of fused-ring (bicyclic) bond motifs is 1. The number of nitrogens with zero attached hydrogens (tertiary/aromatic N) is 2. The number of amides is 1. The smallest absolute Gasteiger partial charge is 0.225 e. The van der Waals surface area contributed by atoms with Crippen molar-refractivity contribution in [2.75, 3.05) is 0 Å². The summed E-state index contributed by atoms with van der Waals surface area (Å²) < 4.78 is 1.82. The molecule has 0 saturated heterocycles. The normalized spacial score (nSPS) is 12.3. The minimum absolute atomic E-state index is 0.0230. The summed E-state index contributed by atoms with van der Waals surface area (Å²) in [6.45, 7) is 5.96. The van der Waals surface area contributed by atoms with Crippen molar-refractivity contribution < 1.29 is 4.79 Å². The van der Waals surface area contributed by atoms with E-state index in [4.69, 9.17) is 0 Å². The number of aromatic nitrogens is 2. The molecule has 0 saturated carbocycles. The first kappa shape index (κ1) is 16.2. The van der Waals surface area contributed by atoms with Crippen LogP contribution >= 0.6 is 0 Å². The van der Waals surface area contributed by atoms with Crippen LogP contribution in [0.4, 0.5) is 0 Å². The number of hydrogen-bond acceptors (Lipinski definition) is 2. The zero-order chi connectivity index (χ0) is 17.3. The van der Waals surface area contributed by atoms with Crippen molar-refractivity contribution >= 4 is 16.7 Å². The molecule has 0 radical (unpaired) electrons. The van der Waals surface area contributed by atoms with E-state index in [0.29, 0.717) is 6.42 Å². The Hall–Kier alpha value is -2.62. The molecule has 0 aliphatic heterocycles. The van der Waals surface area contributed by atoms with Gasteiger partial charge in [0.1, 0.15) is 0 Å². The summed E-state index contributed by atoms with van der Waals surface area (Å²) in [6.07, 6.45) is 0.365. The van der Waals surface area contributed by atoms with Gasteiger partial charge in [0.15, 0.2) is 0 Å². The Labute approximate surface area is 142 Å². The van der Waals surface area contributed by atoms with E-state index >= 15 is 0 Å². The van der Waals surface area contributed by atoms with Gasteiger partial charge in [0.2, 0.25) is 5.91 Å². The highest BCUT2D eigenvalue weighted by Gasteiger charge is 2.15. The highest BCUT2D eigenvalue weighted by Crippen LogP contribution is 2.20. The van der Waals surface area contributed by atoms with Gasteiger partial charge in [0, 0.05) is 18.3 Å². The zero-order valence-electron chi connectivity index (χ0n) is 14.6. The van der Waals surface area contributed by atoms with E-state index in [1.807, 2.05) is 44.6 Å². The van der Waals surface area contributed by atoms with E-state index in [0.717, 1.165) is 22.5 Å². The Morgan fingerprint density at radius 2 is 1.88 bits per heavy atom. The lowest BCUT2D eigenvalue weighted by molar-refractivity contribution is -0.121. The van der Waals surface area contributed by atoms with Crippen LogP contribution in [0.15, 0.2) is 42.5 Å². The van der Waals surface area contributed by atoms with Crippen LogP contribution in [0.3, 0.4) is 0 Å². The molecule has 0 aliphatic rings. The SMILES string of the molecule is Cc1nn(C)c(C)c1CC(=O)N[C@@H](C)c1ccc2ccccc2c1. The Bertz CT molecular complexity index is 895. The van der Waals surface area contributed by atoms with Gasteiger partial charge in [-0.15, -0.1) is 0 Å². The van der Waals surface area contributed by atoms with Crippen LogP contribution in [0.25, 0.3) is 10.8 Å². The molecule has 4 nitrogen and oxygen atoms in total. The largest absolute Gasteiger partial charge is 0.349 e. The van der Waals surface area contributed by atoms with Crippen molar-refractivity contribution in [2.45, 2.75) is 33.2 Å². The first-order valence-corrected chi connectivity index (χ1v) is 8.23. The van der Waals surface area contributed by atoms with Crippen LogP contribution < -0.4 is 5.32 Å². The number of benzene rings is 2. The lowest BCUT2D eigenvalue weighted by Crippen LogP contribution is -2.28. The van der Waals surface area contributed by atoms with Gasteiger partial charge >= 0.3 is 0 Å². The minimum atomic E-state index is -0.0283. The second-order valence-electron chi connectivity index (χ2n) is 6.35. The van der Waals surface area contributed by atoms with Gasteiger partial charge in [-0.25, -0.2) is 0 Å². The second-order valence-corrected chi connectivity index (χ2v) is 6.35. The van der Waals surface area contributed by atoms with Gasteiger partial charge in [0.05, 0.1) is 18.2 Å². The molecule has 1 atom stereocenters. The van der Waals surface area contributed by atoms with E-state index in [2.05, 4.69) is 40.7 Å². The molecular weight excluding hydrogens is 298 g/mol. The average Bonchev–Trinajstić information content (AvgIpc) is 2.80. The third-order valence-electron chi connectivity index (χ3n) is 4.65. The van der Waals surface area contributed by atoms with Crippen molar-refractivity contribution in [1.82, 2.24) is 15.1 Å². The fraction of sp³-hybridized carbons (Fsp3) is 0.300. The summed E-state index contributed by atoms with van der Waals surface area (Å²) in [4.78, 5) is 12.4. The van der Waals surface area contributed by atoms with Crippen molar-refractivity contribution in [2.24, 2.45) is 7.05 Å². The Balaban J connectivity index is 1.73. The first-order chi connectivity index (χ1) is 11.5. The molecule has 0 unspecified atom stereocenters. The van der Waals surface area contributed by atoms with Gasteiger partial charge in [-0.2, -0.15) is 5.10 Å². The van der Waals surface area contributed by atoms with Crippen LogP contribution in [0.1, 0.15) is 35.5 Å². The fourth-order valence-electron chi connectivity index (χ4n) is 3.09. The van der Waals surface area contributed by atoms with Crippen molar-refractivity contribution in [3.8, 4) is 0 Å². The molecular formula is C20H23N3O. The molecule has 0 bridgehead atoms. The molecule has 1 heterocycles. The van der Waals surface area contributed by atoms with Crippen LogP contribution in [0.5, 0.6) is 0 Å². The standard InChI is InChI=1S/C20H23N3O/c1-13(17-10-9-16-7-5-6-8-18(16)11-17)21-20(24)12-19-14(2)22-23(4)15(19)3/h5-11,13H,12H2,1-4H3,(H,21,24)/t13-/m0/s1. The molecule has 1 amide bonds. The van der Waals surface area contributed by atoms with Gasteiger partial charge in [0.25, 0.3) is 0 Å². The summed E-state index contributed by atoms with van der Waals surface area (Å²) >= 11 is 0. The molecule has 1 aromatic heterocycles. The molecule has 3 rings (SSSR count). The lowest BCUT2D eigenvalue weighted by atomic mass is 10.0. The maximum absolute atomic E-state index is 12.4. The topological polar surface area (TPSA) is 46.9 Å². The molecule has 4 heteroatoms. The predicted octanol–water partition coefficient (Wildman–Crippen LogP) is 3.61. The Morgan fingerprint density at radius 3 is 2.54 bits per heavy atom. The first-order valence-electron chi connectivity index (χ1n) is 8.23. The summed E-state index contributed by atoms with van der Waals surface area (Å²) in [5.74, 6) is 0.0230. The molecule has 0 fully saturated rings. The van der Waals surface area contributed by atoms with E-state index in [-0.39, 0.29) is 11.9 Å². The number of rotatable bonds is 4. The maximum atomic E-state index is 12.4. The van der Waals surface area contributed by atoms with Crippen LogP contribution in [0, 0.1) is 13.8 Å². The Morgan fingerprint density at radius 1 is 1.17 bits per heavy atom. The molecule has 0 aliphatic carbocycles. The molecule has 24 heavy (non-hydrogen) atoms. The molecule has 1 N–H and O–H groups in total. The molecule has 124 valence electrons. The third kappa shape index (κ3) is 3.18. The minimum Gasteiger partial charge on any atom is -0.349 e. The van der Waals surface area contributed by atoms with Crippen molar-refractivity contribution in [3.63, 3.8) is 0 Å². The van der Waals surface area contributed by atoms with Gasteiger partial charge in [-0.1, -0.05) is 36.4 Å². The lowest BCUT2D eigenvalue weighted by Gasteiger charge is -2.15. The second kappa shape index (κ2) is 6.48. The van der Waals surface area contributed by atoms with Crippen LogP contribution in [-0.4, -0.2) is 15.7 Å². The third-order valence-corrected chi connectivity index (χ3v) is 4.65. The number of aryl methyl sites for hydroxylation is 2. The summed E-state index contributed by atoms with van der Waals surface area (Å²) in [5.41, 5.74) is 4.09. The number of carbonyl (C=O) groups excluding carboxylic acids is 1. The molecule has 3 aromatic rings. The van der Waals surface area contributed by atoms with Gasteiger partial charge < -0.3 is 5.32 Å². The van der Waals surface area contributed by atoms with E-state index in [1.54, 1.807) is 0 Å². The van der Waals surface area contributed by atoms with Crippen molar-refractivity contribution in [1.29, 1.82) is 0 Å². The highest BCUT2D eigenvalue weighted by molar-refractivity contribution is 5.83. The van der Waals surface area contributed by atoms with Crippen molar-refractivity contribution in [3.05, 3.63) is 65.0 Å². The monoisotopic (exact) mass is 321 g/mol. The van der Waals surface area contributed by atoms with Crippen LogP contribution in [-0.2, 0) is 18.3 Å². The maximum Gasteiger partial charge on any atom is 0.225 e. The molecule has 2 aromatic carbocycles. The molecule has 0 spiro atoms. The Kier molecular flexibility index (Phi) is 4.38. The predicted molar refractivity (Wildman–Crippen MR) is 96.9 cm³/mol. The van der Waals surface area contributed by atoms with Gasteiger partial charge in [-0.05, 0) is 43.2 Å².